The van der Waals surface area contributed by atoms with E-state index in [-0.39, 0.29) is 40.4 Å². The van der Waals surface area contributed by atoms with E-state index >= 15 is 8.78 Å². The van der Waals surface area contributed by atoms with Gasteiger partial charge in [0.15, 0.2) is 47.7 Å². The first-order valence-corrected chi connectivity index (χ1v) is 24.3. The number of nitrogens with two attached hydrogens (primary N) is 2. The number of hydrogen-bond donors (Lipinski definition) is 3. The Labute approximate surface area is 347 Å². The van der Waals surface area contributed by atoms with E-state index in [1.807, 2.05) is 0 Å². The van der Waals surface area contributed by atoms with Crippen molar-refractivity contribution in [1.82, 2.24) is 39.0 Å². The largest absolute Gasteiger partial charge is 0.454 e. The molecular formula is C34H50F2N10O11P2S. The predicted octanol–water partition coefficient (Wildman–Crippen LogP) is 5.63. The third-order valence-electron chi connectivity index (χ3n) is 10.1. The van der Waals surface area contributed by atoms with Gasteiger partial charge < -0.3 is 39.8 Å². The van der Waals surface area contributed by atoms with E-state index in [1.165, 1.54) is 35.2 Å². The molecule has 4 aromatic rings. The number of carbonyl (C=O) groups excluding carboxylic acids is 1. The first-order valence-electron chi connectivity index (χ1n) is 19.4. The van der Waals surface area contributed by atoms with Crippen LogP contribution in [0, 0.1) is 5.92 Å². The van der Waals surface area contributed by atoms with Crippen LogP contribution >= 0.6 is 25.8 Å². The zero-order valence-electron chi connectivity index (χ0n) is 33.2. The molecule has 4 aromatic heterocycles. The van der Waals surface area contributed by atoms with Gasteiger partial charge in [0.1, 0.15) is 48.2 Å². The highest BCUT2D eigenvalue weighted by atomic mass is 32.7. The minimum Gasteiger partial charge on any atom is -0.454 e. The molecule has 26 heteroatoms. The number of imidazole rings is 2. The fourth-order valence-electron chi connectivity index (χ4n) is 6.80. The molecule has 10 atom stereocenters. The van der Waals surface area contributed by atoms with Gasteiger partial charge >= 0.3 is 20.4 Å². The molecule has 0 aromatic carbocycles. The number of methoxy groups -OCH3 is 1. The Morgan fingerprint density at radius 3 is 2.03 bits per heavy atom. The Balaban J connectivity index is 1.21. The summed E-state index contributed by atoms with van der Waals surface area (Å²) in [6, 6.07) is 0. The number of anilines is 2. The van der Waals surface area contributed by atoms with Crippen molar-refractivity contribution in [2.24, 2.45) is 5.92 Å². The number of unbranched alkanes of at least 4 members (excludes halogenated alkanes) is 6. The molecule has 60 heavy (non-hydrogen) atoms. The molecular weight excluding hydrogens is 856 g/mol. The zero-order valence-corrected chi connectivity index (χ0v) is 35.8. The fourth-order valence-corrected chi connectivity index (χ4v) is 10.4. The lowest BCUT2D eigenvalue weighted by atomic mass is 10.0. The van der Waals surface area contributed by atoms with E-state index < -0.39 is 94.9 Å². The van der Waals surface area contributed by atoms with Gasteiger partial charge in [0.05, 0.1) is 32.0 Å². The summed E-state index contributed by atoms with van der Waals surface area (Å²) in [6.45, 7) is -2.20. The van der Waals surface area contributed by atoms with Crippen molar-refractivity contribution in [2.75, 3.05) is 44.1 Å². The van der Waals surface area contributed by atoms with Crippen molar-refractivity contribution in [3.8, 4) is 0 Å². The molecule has 6 heterocycles. The van der Waals surface area contributed by atoms with Crippen LogP contribution in [0.5, 0.6) is 0 Å². The van der Waals surface area contributed by atoms with Crippen molar-refractivity contribution >= 4 is 65.7 Å². The summed E-state index contributed by atoms with van der Waals surface area (Å²) in [5.41, 5.74) is 12.6. The smallest absolute Gasteiger partial charge is 0.392 e. The lowest BCUT2D eigenvalue weighted by molar-refractivity contribution is -0.141. The van der Waals surface area contributed by atoms with E-state index in [0.29, 0.717) is 17.8 Å². The van der Waals surface area contributed by atoms with Crippen LogP contribution in [0.4, 0.5) is 20.4 Å². The number of rotatable bonds is 23. The fraction of sp³-hybridized carbons (Fsp3) is 0.676. The van der Waals surface area contributed by atoms with E-state index in [9.17, 15) is 18.8 Å². The van der Waals surface area contributed by atoms with Crippen LogP contribution in [0.25, 0.3) is 22.3 Å². The minimum absolute atomic E-state index is 0.0104. The highest BCUT2D eigenvalue weighted by Gasteiger charge is 2.52. The number of alkyl halides is 2. The molecule has 2 saturated heterocycles. The average molecular weight is 907 g/mol. The highest BCUT2D eigenvalue weighted by Crippen LogP contribution is 2.63. The van der Waals surface area contributed by atoms with Crippen LogP contribution in [0.2, 0.25) is 0 Å². The first kappa shape index (κ1) is 46.1. The minimum atomic E-state index is -4.63. The van der Waals surface area contributed by atoms with Crippen LogP contribution in [0.3, 0.4) is 0 Å². The van der Waals surface area contributed by atoms with Crippen LogP contribution in [-0.4, -0.2) is 113 Å². The van der Waals surface area contributed by atoms with Crippen molar-refractivity contribution in [3.63, 3.8) is 0 Å². The molecule has 2 fully saturated rings. The van der Waals surface area contributed by atoms with Gasteiger partial charge in [-0.2, -0.15) is 0 Å². The summed E-state index contributed by atoms with van der Waals surface area (Å²) in [5, 5.41) is 0. The number of aromatic nitrogens is 8. The maximum Gasteiger partial charge on any atom is 0.392 e. The standard InChI is InChI=1S/C34H50F2N10O11P2S/c1-4-5-6-7-8-9-10-11-23(47)52-19-60-59(50,54-12-21-20(2)24(35)33(55-21)45-16-43-26-29(37)39-14-41-31(26)45)57-28-22(13-53-58(48,49)18-51-3)56-34(25(28)36)46-17-44-27-30(38)40-15-42-32(27)46/h14-17,20-22,24-25,28,33-34H,4-13,18-19H2,1-3H3,(H,48,49)(H2,37,39,41)(H2,38,40,42)/t20-,21-,22-,24-,25-,28-,33-,34-,59?/m1/s1. The van der Waals surface area contributed by atoms with E-state index in [2.05, 4.69) is 36.8 Å². The van der Waals surface area contributed by atoms with E-state index in [1.54, 1.807) is 6.92 Å². The number of nitrogen functional groups attached to an aromatic ring is 2. The molecule has 0 bridgehead atoms. The van der Waals surface area contributed by atoms with Crippen molar-refractivity contribution < 1.29 is 60.1 Å². The number of nitrogens with zero attached hydrogens (tertiary/aromatic N) is 8. The number of esters is 1. The Kier molecular flexibility index (Phi) is 15.8. The van der Waals surface area contributed by atoms with Crippen LogP contribution in [0.1, 0.15) is 77.7 Å². The number of carbonyl (C=O) groups is 1. The summed E-state index contributed by atoms with van der Waals surface area (Å²) < 4.78 is 102. The third kappa shape index (κ3) is 10.9. The number of fused-ring (bicyclic) bond motifs is 2. The van der Waals surface area contributed by atoms with Crippen LogP contribution in [-0.2, 0) is 46.4 Å². The van der Waals surface area contributed by atoms with Gasteiger partial charge in [0, 0.05) is 30.8 Å². The highest BCUT2D eigenvalue weighted by molar-refractivity contribution is 8.55. The molecule has 2 aliphatic rings. The molecule has 21 nitrogen and oxygen atoms in total. The Hall–Kier alpha value is -3.44. The second kappa shape index (κ2) is 20.6. The summed E-state index contributed by atoms with van der Waals surface area (Å²) in [6.07, 6.45) is 0.244. The average Bonchev–Trinajstić information content (AvgIpc) is 3.98. The molecule has 2 aliphatic heterocycles. The van der Waals surface area contributed by atoms with Crippen molar-refractivity contribution in [1.29, 1.82) is 0 Å². The molecule has 0 saturated carbocycles. The second-order valence-electron chi connectivity index (χ2n) is 14.3. The van der Waals surface area contributed by atoms with Gasteiger partial charge in [0.2, 0.25) is 0 Å². The lowest BCUT2D eigenvalue weighted by Crippen LogP contribution is -2.34. The Morgan fingerprint density at radius 2 is 1.42 bits per heavy atom. The molecule has 0 amide bonds. The van der Waals surface area contributed by atoms with Gasteiger partial charge in [-0.3, -0.25) is 27.5 Å². The van der Waals surface area contributed by atoms with Gasteiger partial charge in [-0.25, -0.2) is 43.2 Å². The Morgan fingerprint density at radius 1 is 0.850 bits per heavy atom. The zero-order chi connectivity index (χ0) is 43.0. The molecule has 2 unspecified atom stereocenters. The molecule has 0 aliphatic carbocycles. The van der Waals surface area contributed by atoms with Crippen molar-refractivity contribution in [2.45, 2.75) is 108 Å². The van der Waals surface area contributed by atoms with Crippen LogP contribution in [0.15, 0.2) is 25.3 Å². The predicted molar refractivity (Wildman–Crippen MR) is 213 cm³/mol. The normalized spacial score (nSPS) is 26.4. The molecule has 5 N–H and O–H groups in total. The van der Waals surface area contributed by atoms with Gasteiger partial charge in [0.25, 0.3) is 0 Å². The molecule has 0 spiro atoms. The molecule has 332 valence electrons. The summed E-state index contributed by atoms with van der Waals surface area (Å²) in [7, 11) is -3.19. The summed E-state index contributed by atoms with van der Waals surface area (Å²) >= 11 is 0.448. The van der Waals surface area contributed by atoms with E-state index in [0.717, 1.165) is 44.9 Å². The van der Waals surface area contributed by atoms with Gasteiger partial charge in [-0.15, -0.1) is 0 Å². The number of halogens is 2. The van der Waals surface area contributed by atoms with E-state index in [4.69, 9.17) is 44.0 Å². The third-order valence-corrected chi connectivity index (χ3v) is 14.5. The first-order chi connectivity index (χ1) is 28.8. The topological polar surface area (TPSA) is 275 Å². The van der Waals surface area contributed by atoms with Crippen LogP contribution < -0.4 is 11.5 Å². The second-order valence-corrected chi connectivity index (χ2v) is 20.1. The molecule has 6 rings (SSSR count). The maximum absolute atomic E-state index is 16.8. The Bertz CT molecular complexity index is 2160. The summed E-state index contributed by atoms with van der Waals surface area (Å²) in [4.78, 5) is 47.4. The van der Waals surface area contributed by atoms with Gasteiger partial charge in [-0.1, -0.05) is 52.4 Å². The molecule has 0 radical (unpaired) electrons. The van der Waals surface area contributed by atoms with Crippen molar-refractivity contribution in [3.05, 3.63) is 25.3 Å². The monoisotopic (exact) mass is 906 g/mol. The number of ether oxygens (including phenoxy) is 4. The number of hydrogen-bond acceptors (Lipinski definition) is 19. The SMILES string of the molecule is CCCCCCCCCC(=O)OCSP(=O)(OC[C@H]1O[C@@H](n2cnc3c(N)ncnc32)[C@H](F)[C@@H]1C)O[C@H]1[C@@H](F)[C@H](n2cnc3c(N)ncnc32)O[C@@H]1COP(=O)(O)COC. The van der Waals surface area contributed by atoms with Gasteiger partial charge in [-0.05, 0) is 6.42 Å². The quantitative estimate of drug-likeness (QED) is 0.0352. The summed E-state index contributed by atoms with van der Waals surface area (Å²) in [5.74, 6) is -1.83. The lowest BCUT2D eigenvalue weighted by Gasteiger charge is -2.26. The maximum atomic E-state index is 16.8.